The Morgan fingerprint density at radius 2 is 1.44 bits per heavy atom. The lowest BCUT2D eigenvalue weighted by Crippen LogP contribution is -2.58. The number of hydrogen-bond acceptors (Lipinski definition) is 11. The highest BCUT2D eigenvalue weighted by atomic mass is 19.1. The van der Waals surface area contributed by atoms with Gasteiger partial charge in [-0.2, -0.15) is 0 Å². The molecule has 4 atom stereocenters. The number of ether oxygens (including phenoxy) is 5. The number of amides is 4. The Morgan fingerprint density at radius 1 is 0.771 bits per heavy atom. The summed E-state index contributed by atoms with van der Waals surface area (Å²) in [6.45, 7) is 9.91. The largest absolute Gasteiger partial charge is 0.467 e. The van der Waals surface area contributed by atoms with Gasteiger partial charge in [-0.25, -0.2) is 23.6 Å². The second-order valence-corrected chi connectivity index (χ2v) is 19.4. The SMILES string of the molecule is COC(=O)[C@@H]1[C@@H](OCC(=O)OC(C)(C)C)CCN1C(=O)[C@H](Cc1c[nH]c2ccc(F)cc12)NC(=O)[C@H](Cc1cccc(CNC(=O)OC(C)(C)C)c1)NC(=O)OCC1c2ccccc2-c2ccccc21. The van der Waals surface area contributed by atoms with Gasteiger partial charge in [0.1, 0.15) is 42.3 Å². The van der Waals surface area contributed by atoms with E-state index < -0.39 is 83.8 Å². The lowest BCUT2D eigenvalue weighted by Gasteiger charge is -2.30. The number of halogens is 1. The Labute approximate surface area is 405 Å². The van der Waals surface area contributed by atoms with Crippen molar-refractivity contribution >= 4 is 46.8 Å². The van der Waals surface area contributed by atoms with Gasteiger partial charge in [0, 0.05) is 48.9 Å². The highest BCUT2D eigenvalue weighted by Gasteiger charge is 2.46. The molecule has 5 aromatic rings. The van der Waals surface area contributed by atoms with Crippen molar-refractivity contribution in [2.24, 2.45) is 0 Å². The van der Waals surface area contributed by atoms with E-state index >= 15 is 0 Å². The molecular formula is C53H60FN5O11. The van der Waals surface area contributed by atoms with E-state index in [2.05, 4.69) is 20.9 Å². The third kappa shape index (κ3) is 12.7. The average molecular weight is 962 g/mol. The number of nitrogens with zero attached hydrogens (tertiary/aromatic N) is 1. The number of esters is 2. The fourth-order valence-corrected chi connectivity index (χ4v) is 8.93. The zero-order chi connectivity index (χ0) is 50.3. The van der Waals surface area contributed by atoms with E-state index in [1.807, 2.05) is 48.5 Å². The molecule has 1 aliphatic heterocycles. The van der Waals surface area contributed by atoms with Gasteiger partial charge in [0.2, 0.25) is 11.8 Å². The molecule has 4 N–H and O–H groups in total. The second-order valence-electron chi connectivity index (χ2n) is 19.4. The quantitative estimate of drug-likeness (QED) is 0.0585. The van der Waals surface area contributed by atoms with Crippen LogP contribution in [-0.4, -0.2) is 108 Å². The predicted molar refractivity (Wildman–Crippen MR) is 257 cm³/mol. The lowest BCUT2D eigenvalue weighted by atomic mass is 9.98. The van der Waals surface area contributed by atoms with Crippen molar-refractivity contribution in [2.45, 2.75) is 109 Å². The van der Waals surface area contributed by atoms with Crippen LogP contribution in [0.3, 0.4) is 0 Å². The molecule has 0 spiro atoms. The molecule has 16 nitrogen and oxygen atoms in total. The van der Waals surface area contributed by atoms with Crippen LogP contribution in [0.2, 0.25) is 0 Å². The van der Waals surface area contributed by atoms with Crippen LogP contribution in [0.1, 0.15) is 81.7 Å². The summed E-state index contributed by atoms with van der Waals surface area (Å²) >= 11 is 0. The normalized spacial score (nSPS) is 16.4. The summed E-state index contributed by atoms with van der Waals surface area (Å²) in [6, 6.07) is 22.9. The van der Waals surface area contributed by atoms with Crippen molar-refractivity contribution < 1.29 is 56.8 Å². The molecule has 1 aliphatic carbocycles. The number of rotatable bonds is 16. The Hall–Kier alpha value is -7.27. The summed E-state index contributed by atoms with van der Waals surface area (Å²) in [6.07, 6.45) is -1.01. The van der Waals surface area contributed by atoms with Gasteiger partial charge < -0.3 is 49.5 Å². The first-order chi connectivity index (χ1) is 33.3. The van der Waals surface area contributed by atoms with Crippen LogP contribution < -0.4 is 16.0 Å². The fourth-order valence-electron chi connectivity index (χ4n) is 8.93. The first-order valence-electron chi connectivity index (χ1n) is 23.2. The molecule has 2 heterocycles. The molecule has 370 valence electrons. The number of carbonyl (C=O) groups excluding carboxylic acids is 6. The highest BCUT2D eigenvalue weighted by molar-refractivity contribution is 5.95. The van der Waals surface area contributed by atoms with Crippen molar-refractivity contribution in [1.29, 1.82) is 0 Å². The van der Waals surface area contributed by atoms with Crippen molar-refractivity contribution in [3.8, 4) is 11.1 Å². The summed E-state index contributed by atoms with van der Waals surface area (Å²) in [5.41, 5.74) is 4.86. The van der Waals surface area contributed by atoms with E-state index in [9.17, 15) is 33.2 Å². The van der Waals surface area contributed by atoms with Gasteiger partial charge in [-0.05, 0) is 105 Å². The maximum absolute atomic E-state index is 14.9. The van der Waals surface area contributed by atoms with Crippen LogP contribution in [0.5, 0.6) is 0 Å². The Bertz CT molecular complexity index is 2700. The molecule has 17 heteroatoms. The summed E-state index contributed by atoms with van der Waals surface area (Å²) in [5.74, 6) is -3.75. The number of benzene rings is 4. The third-order valence-electron chi connectivity index (χ3n) is 11.9. The molecule has 4 amide bonds. The molecule has 0 unspecified atom stereocenters. The first kappa shape index (κ1) is 50.6. The summed E-state index contributed by atoms with van der Waals surface area (Å²) in [4.78, 5) is 86.6. The van der Waals surface area contributed by atoms with Crippen LogP contribution in [0.15, 0.2) is 97.2 Å². The molecule has 0 radical (unpaired) electrons. The molecule has 1 saturated heterocycles. The fraction of sp³-hybridized carbons (Fsp3) is 0.396. The highest BCUT2D eigenvalue weighted by Crippen LogP contribution is 2.44. The van der Waals surface area contributed by atoms with E-state index in [0.717, 1.165) is 29.4 Å². The maximum atomic E-state index is 14.9. The number of hydrogen-bond donors (Lipinski definition) is 4. The van der Waals surface area contributed by atoms with E-state index in [1.54, 1.807) is 78.1 Å². The number of alkyl carbamates (subject to hydrolysis) is 2. The van der Waals surface area contributed by atoms with Gasteiger partial charge in [-0.15, -0.1) is 0 Å². The van der Waals surface area contributed by atoms with Gasteiger partial charge >= 0.3 is 24.1 Å². The molecular weight excluding hydrogens is 902 g/mol. The number of aromatic nitrogens is 1. The zero-order valence-corrected chi connectivity index (χ0v) is 40.4. The summed E-state index contributed by atoms with van der Waals surface area (Å²) < 4.78 is 42.3. The van der Waals surface area contributed by atoms with E-state index in [-0.39, 0.29) is 44.9 Å². The monoisotopic (exact) mass is 961 g/mol. The number of H-pyrrole nitrogens is 1. The molecule has 0 saturated carbocycles. The molecule has 7 rings (SSSR count). The number of methoxy groups -OCH3 is 1. The molecule has 2 aliphatic rings. The van der Waals surface area contributed by atoms with E-state index in [0.29, 0.717) is 27.6 Å². The predicted octanol–water partition coefficient (Wildman–Crippen LogP) is 7.01. The Kier molecular flexibility index (Phi) is 15.6. The number of fused-ring (bicyclic) bond motifs is 4. The van der Waals surface area contributed by atoms with Crippen LogP contribution in [-0.2, 0) is 62.2 Å². The standard InChI is InChI=1S/C53H60FN5O11/c1-52(2,3)69-45(60)30-67-44-21-22-59(46(44)49(63)66-7)48(62)43(25-33-28-55-41-20-19-34(54)26-39(33)41)57-47(61)42(24-31-13-12-14-32(23-31)27-56-50(64)70-53(4,5)6)58-51(65)68-29-40-37-17-10-8-15-35(37)36-16-9-11-18-38(36)40/h8-20,23,26,28,40,42-44,46,55H,21-22,24-25,27,29-30H2,1-7H3,(H,56,64)(H,57,61)(H,58,65)/t42-,43-,44-,46-/m0/s1. The smallest absolute Gasteiger partial charge is 0.407 e. The van der Waals surface area contributed by atoms with Crippen molar-refractivity contribution in [2.75, 3.05) is 26.9 Å². The minimum Gasteiger partial charge on any atom is -0.467 e. The molecule has 4 aromatic carbocycles. The third-order valence-corrected chi connectivity index (χ3v) is 11.9. The Balaban J connectivity index is 1.17. The lowest BCUT2D eigenvalue weighted by molar-refractivity contribution is -0.166. The van der Waals surface area contributed by atoms with Crippen molar-refractivity contribution in [1.82, 2.24) is 25.8 Å². The van der Waals surface area contributed by atoms with Crippen molar-refractivity contribution in [3.63, 3.8) is 0 Å². The minimum absolute atomic E-state index is 0.0159. The minimum atomic E-state index is -1.40. The van der Waals surface area contributed by atoms with Crippen LogP contribution in [0.25, 0.3) is 22.0 Å². The number of nitrogens with one attached hydrogen (secondary N) is 4. The topological polar surface area (TPSA) is 204 Å². The molecule has 0 bridgehead atoms. The van der Waals surface area contributed by atoms with E-state index in [1.165, 1.54) is 17.0 Å². The van der Waals surface area contributed by atoms with E-state index in [4.69, 9.17) is 23.7 Å². The molecule has 70 heavy (non-hydrogen) atoms. The van der Waals surface area contributed by atoms with Crippen LogP contribution >= 0.6 is 0 Å². The van der Waals surface area contributed by atoms with Gasteiger partial charge in [-0.1, -0.05) is 72.8 Å². The van der Waals surface area contributed by atoms with Gasteiger partial charge in [-0.3, -0.25) is 9.59 Å². The zero-order valence-electron chi connectivity index (χ0n) is 40.4. The number of likely N-dealkylation sites (tertiary alicyclic amines) is 1. The Morgan fingerprint density at radius 3 is 2.11 bits per heavy atom. The average Bonchev–Trinajstić information content (AvgIpc) is 4.01. The number of aromatic amines is 1. The maximum Gasteiger partial charge on any atom is 0.407 e. The number of carbonyl (C=O) groups is 6. The van der Waals surface area contributed by atoms with Crippen LogP contribution in [0.4, 0.5) is 14.0 Å². The summed E-state index contributed by atoms with van der Waals surface area (Å²) in [7, 11) is 1.16. The first-order valence-corrected chi connectivity index (χ1v) is 23.2. The van der Waals surface area contributed by atoms with Gasteiger partial charge in [0.05, 0.1) is 13.2 Å². The van der Waals surface area contributed by atoms with Gasteiger partial charge in [0.25, 0.3) is 0 Å². The van der Waals surface area contributed by atoms with Gasteiger partial charge in [0.15, 0.2) is 6.04 Å². The van der Waals surface area contributed by atoms with Crippen molar-refractivity contribution in [3.05, 3.63) is 131 Å². The summed E-state index contributed by atoms with van der Waals surface area (Å²) in [5, 5.41) is 8.79. The van der Waals surface area contributed by atoms with Crippen LogP contribution in [0, 0.1) is 5.82 Å². The molecule has 1 aromatic heterocycles. The second kappa shape index (κ2) is 21.6. The molecule has 1 fully saturated rings.